The fraction of sp³-hybridized carbons (Fsp3) is 0. The Labute approximate surface area is 169 Å². The molecule has 3 heterocycles. The van der Waals surface area contributed by atoms with E-state index in [1.54, 1.807) is 47.5 Å². The molecule has 138 valence electrons. The van der Waals surface area contributed by atoms with Crippen molar-refractivity contribution in [2.45, 2.75) is 0 Å². The predicted octanol–water partition coefficient (Wildman–Crippen LogP) is 4.47. The van der Waals surface area contributed by atoms with Gasteiger partial charge in [-0.15, -0.1) is 0 Å². The van der Waals surface area contributed by atoms with E-state index in [0.717, 1.165) is 4.47 Å². The van der Waals surface area contributed by atoms with Crippen molar-refractivity contribution in [1.29, 1.82) is 0 Å². The van der Waals surface area contributed by atoms with Crippen LogP contribution < -0.4 is 10.1 Å². The number of nitrogens with one attached hydrogen (secondary N) is 1. The van der Waals surface area contributed by atoms with Gasteiger partial charge < -0.3 is 10.1 Å². The van der Waals surface area contributed by atoms with Gasteiger partial charge in [-0.25, -0.2) is 14.6 Å². The molecular formula is C20H14BrN5O2. The standard InChI is InChI=1S/C20H14BrN5O2/c21-15-3-1-4-17(11-15)28-19-8-5-14(12-23-19)20(27)25-16-6-7-18(22-13-16)26-10-2-9-24-26/h1-13H,(H,25,27). The topological polar surface area (TPSA) is 81.9 Å². The fourth-order valence-corrected chi connectivity index (χ4v) is 2.81. The Kier molecular flexibility index (Phi) is 5.11. The zero-order valence-corrected chi connectivity index (χ0v) is 16.1. The van der Waals surface area contributed by atoms with Gasteiger partial charge in [0.15, 0.2) is 5.82 Å². The number of hydrogen-bond donors (Lipinski definition) is 1. The van der Waals surface area contributed by atoms with E-state index in [-0.39, 0.29) is 5.91 Å². The Hall–Kier alpha value is -3.52. The van der Waals surface area contributed by atoms with Crippen LogP contribution in [0.25, 0.3) is 5.82 Å². The zero-order valence-electron chi connectivity index (χ0n) is 14.5. The summed E-state index contributed by atoms with van der Waals surface area (Å²) < 4.78 is 8.22. The molecule has 0 radical (unpaired) electrons. The van der Waals surface area contributed by atoms with Crippen molar-refractivity contribution >= 4 is 27.5 Å². The molecule has 8 heteroatoms. The Bertz CT molecular complexity index is 1080. The van der Waals surface area contributed by atoms with Crippen LogP contribution in [0.4, 0.5) is 5.69 Å². The van der Waals surface area contributed by atoms with E-state index in [1.807, 2.05) is 30.3 Å². The first kappa shape index (κ1) is 17.9. The van der Waals surface area contributed by atoms with Crippen molar-refractivity contribution in [3.63, 3.8) is 0 Å². The van der Waals surface area contributed by atoms with Crippen molar-refractivity contribution in [3.05, 3.63) is 89.4 Å². The minimum atomic E-state index is -0.282. The lowest BCUT2D eigenvalue weighted by molar-refractivity contribution is 0.102. The largest absolute Gasteiger partial charge is 0.439 e. The molecule has 4 aromatic rings. The van der Waals surface area contributed by atoms with E-state index in [4.69, 9.17) is 4.74 Å². The summed E-state index contributed by atoms with van der Waals surface area (Å²) in [5, 5.41) is 6.90. The van der Waals surface area contributed by atoms with Crippen molar-refractivity contribution in [2.75, 3.05) is 5.32 Å². The summed E-state index contributed by atoms with van der Waals surface area (Å²) in [7, 11) is 0. The van der Waals surface area contributed by atoms with E-state index in [2.05, 4.69) is 36.3 Å². The average Bonchev–Trinajstić information content (AvgIpc) is 3.24. The maximum Gasteiger partial charge on any atom is 0.257 e. The third-order valence-electron chi connectivity index (χ3n) is 3.76. The lowest BCUT2D eigenvalue weighted by atomic mass is 10.2. The van der Waals surface area contributed by atoms with Gasteiger partial charge in [0.2, 0.25) is 5.88 Å². The number of ether oxygens (including phenoxy) is 1. The maximum absolute atomic E-state index is 12.4. The van der Waals surface area contributed by atoms with Crippen LogP contribution in [0.2, 0.25) is 0 Å². The van der Waals surface area contributed by atoms with Gasteiger partial charge in [0.05, 0.1) is 17.4 Å². The first-order chi connectivity index (χ1) is 13.7. The van der Waals surface area contributed by atoms with Gasteiger partial charge in [0, 0.05) is 29.1 Å². The number of benzene rings is 1. The molecule has 0 saturated carbocycles. The molecule has 0 fully saturated rings. The number of amides is 1. The molecule has 0 aliphatic heterocycles. The zero-order chi connectivity index (χ0) is 19.3. The van der Waals surface area contributed by atoms with Crippen LogP contribution in [0, 0.1) is 0 Å². The highest BCUT2D eigenvalue weighted by atomic mass is 79.9. The third kappa shape index (κ3) is 4.24. The number of carbonyl (C=O) groups excluding carboxylic acids is 1. The van der Waals surface area contributed by atoms with Crippen LogP contribution in [0.15, 0.2) is 83.9 Å². The average molecular weight is 436 g/mol. The van der Waals surface area contributed by atoms with Gasteiger partial charge in [0.25, 0.3) is 5.91 Å². The highest BCUT2D eigenvalue weighted by molar-refractivity contribution is 9.10. The predicted molar refractivity (Wildman–Crippen MR) is 108 cm³/mol. The van der Waals surface area contributed by atoms with Gasteiger partial charge in [-0.2, -0.15) is 5.10 Å². The summed E-state index contributed by atoms with van der Waals surface area (Å²) in [6.07, 6.45) is 6.51. The van der Waals surface area contributed by atoms with Crippen LogP contribution in [-0.4, -0.2) is 25.7 Å². The monoisotopic (exact) mass is 435 g/mol. The second kappa shape index (κ2) is 8.01. The number of carbonyl (C=O) groups is 1. The summed E-state index contributed by atoms with van der Waals surface area (Å²) in [5.74, 6) is 1.44. The van der Waals surface area contributed by atoms with E-state index in [9.17, 15) is 4.79 Å². The Balaban J connectivity index is 1.40. The second-order valence-electron chi connectivity index (χ2n) is 5.75. The summed E-state index contributed by atoms with van der Waals surface area (Å²) in [6.45, 7) is 0. The van der Waals surface area contributed by atoms with Gasteiger partial charge in [-0.1, -0.05) is 22.0 Å². The number of nitrogens with zero attached hydrogens (tertiary/aromatic N) is 4. The summed E-state index contributed by atoms with van der Waals surface area (Å²) in [4.78, 5) is 20.9. The molecule has 0 aliphatic carbocycles. The first-order valence-corrected chi connectivity index (χ1v) is 9.13. The smallest absolute Gasteiger partial charge is 0.257 e. The highest BCUT2D eigenvalue weighted by Gasteiger charge is 2.08. The molecule has 28 heavy (non-hydrogen) atoms. The molecule has 1 N–H and O–H groups in total. The summed E-state index contributed by atoms with van der Waals surface area (Å²) >= 11 is 3.39. The molecule has 0 unspecified atom stereocenters. The minimum Gasteiger partial charge on any atom is -0.439 e. The van der Waals surface area contributed by atoms with E-state index in [1.165, 1.54) is 6.20 Å². The van der Waals surface area contributed by atoms with Crippen molar-refractivity contribution < 1.29 is 9.53 Å². The minimum absolute atomic E-state index is 0.282. The number of aromatic nitrogens is 4. The molecular weight excluding hydrogens is 422 g/mol. The molecule has 0 spiro atoms. The number of pyridine rings is 2. The molecule has 7 nitrogen and oxygen atoms in total. The van der Waals surface area contributed by atoms with Crippen LogP contribution in [-0.2, 0) is 0 Å². The van der Waals surface area contributed by atoms with E-state index >= 15 is 0 Å². The molecule has 1 aromatic carbocycles. The Morgan fingerprint density at radius 3 is 2.64 bits per heavy atom. The molecule has 0 bridgehead atoms. The number of anilines is 1. The number of rotatable bonds is 5. The Morgan fingerprint density at radius 2 is 1.96 bits per heavy atom. The van der Waals surface area contributed by atoms with Crippen LogP contribution in [0.3, 0.4) is 0 Å². The molecule has 1 amide bonds. The molecule has 0 atom stereocenters. The van der Waals surface area contributed by atoms with Crippen molar-refractivity contribution in [2.24, 2.45) is 0 Å². The molecule has 0 saturated heterocycles. The molecule has 3 aromatic heterocycles. The third-order valence-corrected chi connectivity index (χ3v) is 4.26. The van der Waals surface area contributed by atoms with Crippen LogP contribution in [0.1, 0.15) is 10.4 Å². The van der Waals surface area contributed by atoms with Crippen molar-refractivity contribution in [3.8, 4) is 17.4 Å². The lowest BCUT2D eigenvalue weighted by Gasteiger charge is -2.08. The van der Waals surface area contributed by atoms with Crippen LogP contribution >= 0.6 is 15.9 Å². The number of halogens is 1. The highest BCUT2D eigenvalue weighted by Crippen LogP contribution is 2.23. The fourth-order valence-electron chi connectivity index (χ4n) is 2.43. The molecule has 4 rings (SSSR count). The summed E-state index contributed by atoms with van der Waals surface area (Å²) in [6, 6.07) is 16.1. The van der Waals surface area contributed by atoms with Gasteiger partial charge in [-0.3, -0.25) is 4.79 Å². The molecule has 0 aliphatic rings. The van der Waals surface area contributed by atoms with Gasteiger partial charge in [0.1, 0.15) is 5.75 Å². The number of hydrogen-bond acceptors (Lipinski definition) is 5. The lowest BCUT2D eigenvalue weighted by Crippen LogP contribution is -2.12. The van der Waals surface area contributed by atoms with E-state index < -0.39 is 0 Å². The Morgan fingerprint density at radius 1 is 1.04 bits per heavy atom. The quantitative estimate of drug-likeness (QED) is 0.499. The van der Waals surface area contributed by atoms with Gasteiger partial charge >= 0.3 is 0 Å². The van der Waals surface area contributed by atoms with Crippen LogP contribution in [0.5, 0.6) is 11.6 Å². The van der Waals surface area contributed by atoms with Gasteiger partial charge in [-0.05, 0) is 42.5 Å². The van der Waals surface area contributed by atoms with E-state index in [0.29, 0.717) is 28.7 Å². The van der Waals surface area contributed by atoms with Crippen molar-refractivity contribution in [1.82, 2.24) is 19.7 Å². The second-order valence-corrected chi connectivity index (χ2v) is 6.67. The first-order valence-electron chi connectivity index (χ1n) is 8.34. The summed E-state index contributed by atoms with van der Waals surface area (Å²) in [5.41, 5.74) is 0.994. The normalized spacial score (nSPS) is 10.5. The maximum atomic E-state index is 12.4. The SMILES string of the molecule is O=C(Nc1ccc(-n2cccn2)nc1)c1ccc(Oc2cccc(Br)c2)nc1.